The number of aryl methyl sites for hydroxylation is 2. The first-order valence-corrected chi connectivity index (χ1v) is 9.83. The van der Waals surface area contributed by atoms with Crippen molar-refractivity contribution in [2.45, 2.75) is 45.2 Å². The molecule has 3 rings (SSSR count). The van der Waals surface area contributed by atoms with Gasteiger partial charge in [0.05, 0.1) is 10.1 Å². The van der Waals surface area contributed by atoms with Crippen LogP contribution in [0, 0.1) is 0 Å². The van der Waals surface area contributed by atoms with Gasteiger partial charge in [0, 0.05) is 19.0 Å². The standard InChI is InChI=1S/C21H24N2O2S/c1-16(13-14-17-8-3-2-4-9-17)22-20(24)12-7-15-23-21(25)18-10-5-6-11-19(18)26-23/h2-6,8-11,16H,7,12-15H2,1H3,(H,22,24). The Morgan fingerprint density at radius 2 is 1.85 bits per heavy atom. The first-order chi connectivity index (χ1) is 12.6. The summed E-state index contributed by atoms with van der Waals surface area (Å²) in [6, 6.07) is 18.1. The number of hydrogen-bond acceptors (Lipinski definition) is 3. The number of benzene rings is 2. The lowest BCUT2D eigenvalue weighted by Gasteiger charge is -2.14. The molecule has 136 valence electrons. The van der Waals surface area contributed by atoms with Gasteiger partial charge in [-0.1, -0.05) is 54.0 Å². The van der Waals surface area contributed by atoms with Gasteiger partial charge in [0.25, 0.3) is 5.56 Å². The van der Waals surface area contributed by atoms with Crippen LogP contribution in [0.4, 0.5) is 0 Å². The molecule has 4 nitrogen and oxygen atoms in total. The first kappa shape index (κ1) is 18.4. The van der Waals surface area contributed by atoms with Gasteiger partial charge in [-0.15, -0.1) is 0 Å². The highest BCUT2D eigenvalue weighted by Gasteiger charge is 2.10. The molecule has 0 bridgehead atoms. The third-order valence-corrected chi connectivity index (χ3v) is 5.56. The summed E-state index contributed by atoms with van der Waals surface area (Å²) in [5.74, 6) is 0.0553. The molecule has 5 heteroatoms. The normalized spacial score (nSPS) is 12.2. The lowest BCUT2D eigenvalue weighted by Crippen LogP contribution is -2.32. The Labute approximate surface area is 157 Å². The van der Waals surface area contributed by atoms with Gasteiger partial charge in [-0.3, -0.25) is 13.5 Å². The number of carbonyl (C=O) groups is 1. The molecular formula is C21H24N2O2S. The Morgan fingerprint density at radius 1 is 1.12 bits per heavy atom. The topological polar surface area (TPSA) is 51.1 Å². The Bertz CT molecular complexity index is 914. The van der Waals surface area contributed by atoms with E-state index in [0.717, 1.165) is 22.9 Å². The van der Waals surface area contributed by atoms with E-state index in [4.69, 9.17) is 0 Å². The van der Waals surface area contributed by atoms with E-state index in [9.17, 15) is 9.59 Å². The minimum atomic E-state index is 0.0437. The summed E-state index contributed by atoms with van der Waals surface area (Å²) in [5.41, 5.74) is 1.33. The quantitative estimate of drug-likeness (QED) is 0.654. The van der Waals surface area contributed by atoms with E-state index in [1.54, 1.807) is 3.96 Å². The average molecular weight is 369 g/mol. The maximum atomic E-state index is 12.3. The minimum Gasteiger partial charge on any atom is -0.354 e. The monoisotopic (exact) mass is 368 g/mol. The zero-order chi connectivity index (χ0) is 18.4. The van der Waals surface area contributed by atoms with Crippen LogP contribution in [0.15, 0.2) is 59.4 Å². The maximum Gasteiger partial charge on any atom is 0.268 e. The van der Waals surface area contributed by atoms with E-state index < -0.39 is 0 Å². The Morgan fingerprint density at radius 3 is 2.62 bits per heavy atom. The van der Waals surface area contributed by atoms with Crippen molar-refractivity contribution in [1.82, 2.24) is 9.27 Å². The van der Waals surface area contributed by atoms with Crippen LogP contribution >= 0.6 is 11.5 Å². The molecule has 0 aliphatic rings. The summed E-state index contributed by atoms with van der Waals surface area (Å²) >= 11 is 1.47. The number of nitrogens with zero attached hydrogens (tertiary/aromatic N) is 1. The Balaban J connectivity index is 1.42. The Hall–Kier alpha value is -2.40. The summed E-state index contributed by atoms with van der Waals surface area (Å²) < 4.78 is 2.74. The number of nitrogens with one attached hydrogen (secondary N) is 1. The molecule has 1 amide bonds. The van der Waals surface area contributed by atoms with Crippen LogP contribution < -0.4 is 10.9 Å². The van der Waals surface area contributed by atoms with Crippen LogP contribution in [0.5, 0.6) is 0 Å². The minimum absolute atomic E-state index is 0.0437. The molecule has 0 aliphatic carbocycles. The number of amides is 1. The molecule has 1 aromatic heterocycles. The lowest BCUT2D eigenvalue weighted by atomic mass is 10.1. The molecule has 0 saturated carbocycles. The molecule has 1 N–H and O–H groups in total. The number of carbonyl (C=O) groups excluding carboxylic acids is 1. The van der Waals surface area contributed by atoms with Crippen molar-refractivity contribution in [3.8, 4) is 0 Å². The molecule has 1 atom stereocenters. The van der Waals surface area contributed by atoms with Crippen molar-refractivity contribution in [1.29, 1.82) is 0 Å². The Kier molecular flexibility index (Phi) is 6.23. The van der Waals surface area contributed by atoms with Gasteiger partial charge in [-0.05, 0) is 43.9 Å². The predicted octanol–water partition coefficient (Wildman–Crippen LogP) is 3.98. The number of hydrogen-bond donors (Lipinski definition) is 1. The van der Waals surface area contributed by atoms with Crippen molar-refractivity contribution in [3.63, 3.8) is 0 Å². The fourth-order valence-electron chi connectivity index (χ4n) is 2.99. The second-order valence-electron chi connectivity index (χ2n) is 6.59. The van der Waals surface area contributed by atoms with Crippen LogP contribution in [-0.2, 0) is 17.8 Å². The van der Waals surface area contributed by atoms with Crippen molar-refractivity contribution in [3.05, 3.63) is 70.5 Å². The molecule has 26 heavy (non-hydrogen) atoms. The van der Waals surface area contributed by atoms with E-state index in [2.05, 4.69) is 17.4 Å². The summed E-state index contributed by atoms with van der Waals surface area (Å²) in [6.07, 6.45) is 2.99. The van der Waals surface area contributed by atoms with Gasteiger partial charge < -0.3 is 5.32 Å². The fraction of sp³-hybridized carbons (Fsp3) is 0.333. The molecule has 0 fully saturated rings. The fourth-order valence-corrected chi connectivity index (χ4v) is 4.03. The van der Waals surface area contributed by atoms with Crippen molar-refractivity contribution < 1.29 is 4.79 Å². The van der Waals surface area contributed by atoms with Crippen LogP contribution in [0.1, 0.15) is 31.7 Å². The van der Waals surface area contributed by atoms with Gasteiger partial charge in [-0.2, -0.15) is 0 Å². The van der Waals surface area contributed by atoms with Crippen LogP contribution in [0.3, 0.4) is 0 Å². The van der Waals surface area contributed by atoms with Gasteiger partial charge in [0.15, 0.2) is 0 Å². The molecule has 0 aliphatic heterocycles. The molecule has 0 radical (unpaired) electrons. The number of aromatic nitrogens is 1. The number of fused-ring (bicyclic) bond motifs is 1. The largest absolute Gasteiger partial charge is 0.354 e. The molecule has 0 spiro atoms. The smallest absolute Gasteiger partial charge is 0.268 e. The molecule has 3 aromatic rings. The predicted molar refractivity (Wildman–Crippen MR) is 108 cm³/mol. The summed E-state index contributed by atoms with van der Waals surface area (Å²) in [4.78, 5) is 24.4. The van der Waals surface area contributed by atoms with Gasteiger partial charge >= 0.3 is 0 Å². The molecule has 1 heterocycles. The van der Waals surface area contributed by atoms with Crippen LogP contribution in [0.2, 0.25) is 0 Å². The molecule has 2 aromatic carbocycles. The van der Waals surface area contributed by atoms with Gasteiger partial charge in [0.2, 0.25) is 5.91 Å². The SMILES string of the molecule is CC(CCc1ccccc1)NC(=O)CCCn1sc2ccccc2c1=O. The first-order valence-electron chi connectivity index (χ1n) is 9.05. The van der Waals surface area contributed by atoms with Crippen LogP contribution in [0.25, 0.3) is 10.1 Å². The highest BCUT2D eigenvalue weighted by molar-refractivity contribution is 7.13. The van der Waals surface area contributed by atoms with E-state index in [0.29, 0.717) is 19.4 Å². The summed E-state index contributed by atoms with van der Waals surface area (Å²) in [5, 5.41) is 3.82. The highest BCUT2D eigenvalue weighted by atomic mass is 32.1. The van der Waals surface area contributed by atoms with Crippen LogP contribution in [-0.4, -0.2) is 15.9 Å². The van der Waals surface area contributed by atoms with Gasteiger partial charge in [-0.25, -0.2) is 0 Å². The lowest BCUT2D eigenvalue weighted by molar-refractivity contribution is -0.121. The van der Waals surface area contributed by atoms with E-state index in [1.807, 2.05) is 49.4 Å². The van der Waals surface area contributed by atoms with Gasteiger partial charge in [0.1, 0.15) is 0 Å². The van der Waals surface area contributed by atoms with Crippen molar-refractivity contribution in [2.24, 2.45) is 0 Å². The van der Waals surface area contributed by atoms with E-state index >= 15 is 0 Å². The molecule has 0 saturated heterocycles. The van der Waals surface area contributed by atoms with E-state index in [-0.39, 0.29) is 17.5 Å². The van der Waals surface area contributed by atoms with E-state index in [1.165, 1.54) is 17.1 Å². The second-order valence-corrected chi connectivity index (χ2v) is 7.65. The molecule has 1 unspecified atom stereocenters. The zero-order valence-corrected chi connectivity index (χ0v) is 15.8. The maximum absolute atomic E-state index is 12.3. The zero-order valence-electron chi connectivity index (χ0n) is 15.0. The summed E-state index contributed by atoms with van der Waals surface area (Å²) in [7, 11) is 0. The highest BCUT2D eigenvalue weighted by Crippen LogP contribution is 2.16. The third-order valence-electron chi connectivity index (χ3n) is 4.43. The van der Waals surface area contributed by atoms with Crippen molar-refractivity contribution in [2.75, 3.05) is 0 Å². The second kappa shape index (κ2) is 8.81. The van der Waals surface area contributed by atoms with Crippen molar-refractivity contribution >= 4 is 27.5 Å². The summed E-state index contributed by atoms with van der Waals surface area (Å²) in [6.45, 7) is 2.63. The third kappa shape index (κ3) is 4.82. The number of rotatable bonds is 8. The molecular weight excluding hydrogens is 344 g/mol. The average Bonchev–Trinajstić information content (AvgIpc) is 2.97.